The quantitative estimate of drug-likeness (QED) is 0.628. The molecule has 0 unspecified atom stereocenters. The van der Waals surface area contributed by atoms with Gasteiger partial charge in [-0.2, -0.15) is 4.72 Å². The largest absolute Gasteiger partial charge is 0.344 e. The summed E-state index contributed by atoms with van der Waals surface area (Å²) < 4.78 is 27.6. The standard InChI is InChI=1S/C23H24N2O3S/c1-17-13-15-21(16-14-17)29(27,28)25-18(2)23(26)24-22(19-9-5-3-6-10-19)20-11-7-4-8-12-20/h3-16,18,22,25H,1-2H3,(H,24,26)/t18-/m1/s1. The minimum Gasteiger partial charge on any atom is -0.344 e. The molecule has 1 amide bonds. The highest BCUT2D eigenvalue weighted by Crippen LogP contribution is 2.22. The summed E-state index contributed by atoms with van der Waals surface area (Å²) in [5, 5.41) is 2.97. The van der Waals surface area contributed by atoms with E-state index in [4.69, 9.17) is 0 Å². The molecule has 29 heavy (non-hydrogen) atoms. The normalized spacial score (nSPS) is 12.5. The van der Waals surface area contributed by atoms with E-state index in [1.54, 1.807) is 12.1 Å². The number of benzene rings is 3. The Morgan fingerprint density at radius 3 is 1.76 bits per heavy atom. The smallest absolute Gasteiger partial charge is 0.241 e. The van der Waals surface area contributed by atoms with Crippen LogP contribution in [0.25, 0.3) is 0 Å². The Bertz CT molecular complexity index is 1010. The molecule has 0 saturated carbocycles. The van der Waals surface area contributed by atoms with Crippen molar-refractivity contribution in [3.8, 4) is 0 Å². The fourth-order valence-corrected chi connectivity index (χ4v) is 4.19. The third-order valence-corrected chi connectivity index (χ3v) is 6.17. The minimum atomic E-state index is -3.80. The third kappa shape index (κ3) is 5.31. The van der Waals surface area contributed by atoms with E-state index in [2.05, 4.69) is 10.0 Å². The molecule has 0 radical (unpaired) electrons. The summed E-state index contributed by atoms with van der Waals surface area (Å²) >= 11 is 0. The van der Waals surface area contributed by atoms with Gasteiger partial charge in [0, 0.05) is 0 Å². The highest BCUT2D eigenvalue weighted by atomic mass is 32.2. The van der Waals surface area contributed by atoms with E-state index in [1.165, 1.54) is 19.1 Å². The number of amides is 1. The number of carbonyl (C=O) groups is 1. The van der Waals surface area contributed by atoms with Gasteiger partial charge in [-0.05, 0) is 37.1 Å². The van der Waals surface area contributed by atoms with Crippen molar-refractivity contribution >= 4 is 15.9 Å². The Kier molecular flexibility index (Phi) is 6.46. The topological polar surface area (TPSA) is 75.3 Å². The van der Waals surface area contributed by atoms with Crippen molar-refractivity contribution in [2.75, 3.05) is 0 Å². The summed E-state index contributed by atoms with van der Waals surface area (Å²) in [7, 11) is -3.80. The summed E-state index contributed by atoms with van der Waals surface area (Å²) in [6.07, 6.45) is 0. The van der Waals surface area contributed by atoms with Gasteiger partial charge >= 0.3 is 0 Å². The molecule has 0 heterocycles. The van der Waals surface area contributed by atoms with Crippen LogP contribution >= 0.6 is 0 Å². The van der Waals surface area contributed by atoms with Crippen LogP contribution in [-0.4, -0.2) is 20.4 Å². The number of aryl methyl sites for hydroxylation is 1. The van der Waals surface area contributed by atoms with E-state index in [9.17, 15) is 13.2 Å². The van der Waals surface area contributed by atoms with E-state index in [0.717, 1.165) is 16.7 Å². The molecule has 0 bridgehead atoms. The molecule has 1 atom stereocenters. The molecule has 0 aliphatic carbocycles. The highest BCUT2D eigenvalue weighted by Gasteiger charge is 2.25. The van der Waals surface area contributed by atoms with Gasteiger partial charge < -0.3 is 5.32 Å². The van der Waals surface area contributed by atoms with Gasteiger partial charge in [-0.1, -0.05) is 78.4 Å². The highest BCUT2D eigenvalue weighted by molar-refractivity contribution is 7.89. The zero-order chi connectivity index (χ0) is 20.9. The first-order chi connectivity index (χ1) is 13.9. The predicted octanol–water partition coefficient (Wildman–Crippen LogP) is 3.57. The lowest BCUT2D eigenvalue weighted by atomic mass is 9.98. The molecule has 3 aromatic carbocycles. The SMILES string of the molecule is Cc1ccc(S(=O)(=O)N[C@H](C)C(=O)NC(c2ccccc2)c2ccccc2)cc1. The molecule has 2 N–H and O–H groups in total. The van der Waals surface area contributed by atoms with Gasteiger partial charge in [-0.15, -0.1) is 0 Å². The Balaban J connectivity index is 1.78. The van der Waals surface area contributed by atoms with Crippen molar-refractivity contribution < 1.29 is 13.2 Å². The van der Waals surface area contributed by atoms with Gasteiger partial charge in [-0.3, -0.25) is 4.79 Å². The van der Waals surface area contributed by atoms with Gasteiger partial charge in [0.25, 0.3) is 0 Å². The average Bonchev–Trinajstić information content (AvgIpc) is 2.73. The summed E-state index contributed by atoms with van der Waals surface area (Å²) in [6.45, 7) is 3.42. The molecule has 0 saturated heterocycles. The van der Waals surface area contributed by atoms with Crippen LogP contribution < -0.4 is 10.0 Å². The predicted molar refractivity (Wildman–Crippen MR) is 114 cm³/mol. The molecule has 0 aliphatic heterocycles. The summed E-state index contributed by atoms with van der Waals surface area (Å²) in [5.41, 5.74) is 2.80. The van der Waals surface area contributed by atoms with Crippen molar-refractivity contribution in [3.05, 3.63) is 102 Å². The molecule has 0 spiro atoms. The van der Waals surface area contributed by atoms with E-state index in [0.29, 0.717) is 0 Å². The van der Waals surface area contributed by atoms with Crippen molar-refractivity contribution in [1.29, 1.82) is 0 Å². The maximum atomic E-state index is 12.8. The summed E-state index contributed by atoms with van der Waals surface area (Å²) in [5.74, 6) is -0.404. The maximum Gasteiger partial charge on any atom is 0.241 e. The zero-order valence-corrected chi connectivity index (χ0v) is 17.2. The number of carbonyl (C=O) groups excluding carboxylic acids is 1. The lowest BCUT2D eigenvalue weighted by Gasteiger charge is -2.22. The minimum absolute atomic E-state index is 0.130. The van der Waals surface area contributed by atoms with Crippen LogP contribution in [-0.2, 0) is 14.8 Å². The van der Waals surface area contributed by atoms with E-state index in [-0.39, 0.29) is 10.9 Å². The van der Waals surface area contributed by atoms with Crippen LogP contribution in [0.4, 0.5) is 0 Å². The molecular formula is C23H24N2O3S. The van der Waals surface area contributed by atoms with E-state index in [1.807, 2.05) is 67.6 Å². The zero-order valence-electron chi connectivity index (χ0n) is 16.4. The van der Waals surface area contributed by atoms with Crippen molar-refractivity contribution in [2.45, 2.75) is 30.8 Å². The molecule has 3 aromatic rings. The first kappa shape index (κ1) is 20.8. The van der Waals surface area contributed by atoms with Crippen LogP contribution in [0.15, 0.2) is 89.8 Å². The Morgan fingerprint density at radius 2 is 1.28 bits per heavy atom. The Hall–Kier alpha value is -2.96. The van der Waals surface area contributed by atoms with Crippen molar-refractivity contribution in [1.82, 2.24) is 10.0 Å². The van der Waals surface area contributed by atoms with Crippen LogP contribution in [0.2, 0.25) is 0 Å². The Labute approximate surface area is 171 Å². The fraction of sp³-hybridized carbons (Fsp3) is 0.174. The van der Waals surface area contributed by atoms with Crippen LogP contribution in [0, 0.1) is 6.92 Å². The second-order valence-corrected chi connectivity index (χ2v) is 8.63. The van der Waals surface area contributed by atoms with Gasteiger partial charge in [0.1, 0.15) is 0 Å². The van der Waals surface area contributed by atoms with E-state index < -0.39 is 22.0 Å². The Morgan fingerprint density at radius 1 is 0.793 bits per heavy atom. The fourth-order valence-electron chi connectivity index (χ4n) is 2.99. The second kappa shape index (κ2) is 9.03. The van der Waals surface area contributed by atoms with Crippen LogP contribution in [0.1, 0.15) is 29.7 Å². The molecular weight excluding hydrogens is 384 g/mol. The average molecular weight is 409 g/mol. The molecule has 6 heteroatoms. The number of rotatable bonds is 7. The lowest BCUT2D eigenvalue weighted by molar-refractivity contribution is -0.122. The lowest BCUT2D eigenvalue weighted by Crippen LogP contribution is -2.46. The summed E-state index contributed by atoms with van der Waals surface area (Å²) in [6, 6.07) is 24.3. The molecule has 5 nitrogen and oxygen atoms in total. The van der Waals surface area contributed by atoms with Crippen molar-refractivity contribution in [2.24, 2.45) is 0 Å². The van der Waals surface area contributed by atoms with Gasteiger partial charge in [0.05, 0.1) is 17.0 Å². The van der Waals surface area contributed by atoms with E-state index >= 15 is 0 Å². The number of hydrogen-bond acceptors (Lipinski definition) is 3. The molecule has 0 aromatic heterocycles. The summed E-state index contributed by atoms with van der Waals surface area (Å²) in [4.78, 5) is 13.0. The van der Waals surface area contributed by atoms with Crippen LogP contribution in [0.3, 0.4) is 0 Å². The molecule has 3 rings (SSSR count). The third-order valence-electron chi connectivity index (χ3n) is 4.61. The maximum absolute atomic E-state index is 12.8. The second-order valence-electron chi connectivity index (χ2n) is 6.92. The molecule has 0 fully saturated rings. The number of nitrogens with one attached hydrogen (secondary N) is 2. The van der Waals surface area contributed by atoms with Gasteiger partial charge in [0.15, 0.2) is 0 Å². The number of hydrogen-bond donors (Lipinski definition) is 2. The molecule has 0 aliphatic rings. The first-order valence-electron chi connectivity index (χ1n) is 9.36. The van der Waals surface area contributed by atoms with Crippen LogP contribution in [0.5, 0.6) is 0 Å². The van der Waals surface area contributed by atoms with Crippen molar-refractivity contribution in [3.63, 3.8) is 0 Å². The number of sulfonamides is 1. The van der Waals surface area contributed by atoms with Gasteiger partial charge in [-0.25, -0.2) is 8.42 Å². The monoisotopic (exact) mass is 408 g/mol. The molecule has 150 valence electrons. The first-order valence-corrected chi connectivity index (χ1v) is 10.8. The van der Waals surface area contributed by atoms with Gasteiger partial charge in [0.2, 0.25) is 15.9 Å².